The van der Waals surface area contributed by atoms with Crippen molar-refractivity contribution in [3.05, 3.63) is 0 Å². The van der Waals surface area contributed by atoms with Crippen molar-refractivity contribution in [2.75, 3.05) is 31.3 Å². The van der Waals surface area contributed by atoms with Gasteiger partial charge in [0.05, 0.1) is 0 Å². The van der Waals surface area contributed by atoms with Crippen molar-refractivity contribution in [1.82, 2.24) is 4.90 Å². The number of nitrogens with zero attached hydrogens (tertiary/aromatic N) is 1. The van der Waals surface area contributed by atoms with Gasteiger partial charge in [-0.2, -0.15) is 0 Å². The molecule has 0 saturated carbocycles. The fourth-order valence-electron chi connectivity index (χ4n) is 2.81. The minimum absolute atomic E-state index is 1.18. The molecule has 0 amide bonds. The number of hydrogen-bond acceptors (Lipinski definition) is 1. The number of hydrogen-bond donors (Lipinski definition) is 0. The van der Waals surface area contributed by atoms with Crippen molar-refractivity contribution in [2.24, 2.45) is 0 Å². The van der Waals surface area contributed by atoms with E-state index in [0.29, 0.717) is 0 Å². The van der Waals surface area contributed by atoms with Gasteiger partial charge < -0.3 is 4.90 Å². The van der Waals surface area contributed by atoms with Gasteiger partial charge in [0.1, 0.15) is 0 Å². The van der Waals surface area contributed by atoms with Gasteiger partial charge in [0, 0.05) is 10.7 Å². The summed E-state index contributed by atoms with van der Waals surface area (Å²) >= 11 is 6.93. The lowest BCUT2D eigenvalue weighted by Crippen LogP contribution is -2.12. The summed E-state index contributed by atoms with van der Waals surface area (Å²) in [6, 6.07) is 0. The van der Waals surface area contributed by atoms with Gasteiger partial charge in [-0.1, -0.05) is 122 Å². The largest absolute Gasteiger partial charge is 0.309 e. The van der Waals surface area contributed by atoms with Gasteiger partial charge in [-0.15, -0.1) is 0 Å². The summed E-state index contributed by atoms with van der Waals surface area (Å²) in [5, 5.41) is 2.36. The average molecular weight is 485 g/mol. The first kappa shape index (κ1) is 28.1. The Kier molecular flexibility index (Phi) is 30.5. The van der Waals surface area contributed by atoms with E-state index in [4.69, 9.17) is 0 Å². The first-order valence-corrected chi connectivity index (χ1v) is 13.2. The van der Waals surface area contributed by atoms with Crippen LogP contribution in [0.3, 0.4) is 0 Å². The molecule has 3 heteroatoms. The molecule has 0 aliphatic heterocycles. The van der Waals surface area contributed by atoms with Crippen molar-refractivity contribution in [3.63, 3.8) is 0 Å². The van der Waals surface area contributed by atoms with Crippen molar-refractivity contribution in [2.45, 2.75) is 110 Å². The molecule has 0 N–H and O–H groups in total. The Morgan fingerprint density at radius 3 is 1.12 bits per heavy atom. The average Bonchev–Trinajstić information content (AvgIpc) is 2.60. The molecule has 0 unspecified atom stereocenters. The number of unbranched alkanes of at least 4 members (excludes halogenated alkanes) is 14. The summed E-state index contributed by atoms with van der Waals surface area (Å²) < 4.78 is 0. The number of halogens is 2. The van der Waals surface area contributed by atoms with Gasteiger partial charge in [-0.05, 0) is 39.9 Å². The Morgan fingerprint density at radius 2 is 0.800 bits per heavy atom. The number of rotatable bonds is 18. The summed E-state index contributed by atoms with van der Waals surface area (Å²) in [5.74, 6) is 0. The van der Waals surface area contributed by atoms with E-state index in [1.807, 2.05) is 0 Å². The van der Waals surface area contributed by atoms with Gasteiger partial charge in [0.15, 0.2) is 0 Å². The monoisotopic (exact) mass is 483 g/mol. The van der Waals surface area contributed by atoms with Crippen LogP contribution in [-0.4, -0.2) is 36.2 Å². The second-order valence-electron chi connectivity index (χ2n) is 7.48. The molecule has 0 heterocycles. The smallest absolute Gasteiger partial charge is 0.00313 e. The minimum Gasteiger partial charge on any atom is -0.309 e. The van der Waals surface area contributed by atoms with Crippen LogP contribution in [0.5, 0.6) is 0 Å². The van der Waals surface area contributed by atoms with Crippen molar-refractivity contribution >= 4 is 31.9 Å². The molecule has 0 radical (unpaired) electrons. The van der Waals surface area contributed by atoms with E-state index in [2.05, 4.69) is 57.8 Å². The SMILES string of the molecule is BrCCCCCCCCCCCCBr.CCCCCCCCN(C)C. The molecule has 0 aromatic carbocycles. The van der Waals surface area contributed by atoms with Crippen LogP contribution >= 0.6 is 31.9 Å². The van der Waals surface area contributed by atoms with E-state index in [0.717, 1.165) is 0 Å². The van der Waals surface area contributed by atoms with E-state index in [-0.39, 0.29) is 0 Å². The molecule has 0 saturated heterocycles. The highest BCUT2D eigenvalue weighted by Gasteiger charge is 1.92. The Morgan fingerprint density at radius 1 is 0.480 bits per heavy atom. The molecule has 0 fully saturated rings. The zero-order chi connectivity index (χ0) is 19.0. The van der Waals surface area contributed by atoms with Crippen LogP contribution in [0.2, 0.25) is 0 Å². The molecule has 154 valence electrons. The fourth-order valence-corrected chi connectivity index (χ4v) is 3.60. The maximum Gasteiger partial charge on any atom is 0.00313 e. The normalized spacial score (nSPS) is 10.8. The molecule has 0 spiro atoms. The molecule has 0 aromatic rings. The second-order valence-corrected chi connectivity index (χ2v) is 9.07. The highest BCUT2D eigenvalue weighted by Crippen LogP contribution is 2.11. The summed E-state index contributed by atoms with van der Waals surface area (Å²) in [5.41, 5.74) is 0. The zero-order valence-corrected chi connectivity index (χ0v) is 20.8. The van der Waals surface area contributed by atoms with E-state index < -0.39 is 0 Å². The van der Waals surface area contributed by atoms with Gasteiger partial charge in [-0.3, -0.25) is 0 Å². The second kappa shape index (κ2) is 27.1. The molecular formula is C22H47Br2N. The zero-order valence-electron chi connectivity index (χ0n) is 17.6. The standard InChI is InChI=1S/C12H24Br2.C10H23N/c13-11-9-7-5-3-1-2-4-6-8-10-12-14;1-4-5-6-7-8-9-10-11(2)3/h1-12H2;4-10H2,1-3H3. The first-order valence-electron chi connectivity index (χ1n) is 11.0. The third-order valence-corrected chi connectivity index (χ3v) is 5.60. The van der Waals surface area contributed by atoms with Crippen molar-refractivity contribution < 1.29 is 0 Å². The van der Waals surface area contributed by atoms with Gasteiger partial charge >= 0.3 is 0 Å². The molecule has 25 heavy (non-hydrogen) atoms. The van der Waals surface area contributed by atoms with E-state index >= 15 is 0 Å². The minimum atomic E-state index is 1.18. The predicted octanol–water partition coefficient (Wildman–Crippen LogP) is 8.59. The molecular weight excluding hydrogens is 438 g/mol. The van der Waals surface area contributed by atoms with Crippen molar-refractivity contribution in [3.8, 4) is 0 Å². The van der Waals surface area contributed by atoms with Gasteiger partial charge in [-0.25, -0.2) is 0 Å². The Bertz CT molecular complexity index is 198. The van der Waals surface area contributed by atoms with E-state index in [1.165, 1.54) is 120 Å². The highest BCUT2D eigenvalue weighted by atomic mass is 79.9. The lowest BCUT2D eigenvalue weighted by atomic mass is 10.1. The maximum absolute atomic E-state index is 3.46. The summed E-state index contributed by atoms with van der Waals surface area (Å²) in [7, 11) is 4.29. The first-order chi connectivity index (χ1) is 12.2. The lowest BCUT2D eigenvalue weighted by molar-refractivity contribution is 0.389. The van der Waals surface area contributed by atoms with E-state index in [9.17, 15) is 0 Å². The molecule has 0 atom stereocenters. The van der Waals surface area contributed by atoms with Crippen LogP contribution in [-0.2, 0) is 0 Å². The van der Waals surface area contributed by atoms with Crippen LogP contribution in [0, 0.1) is 0 Å². The fraction of sp³-hybridized carbons (Fsp3) is 1.00. The maximum atomic E-state index is 3.46. The Balaban J connectivity index is 0. The van der Waals surface area contributed by atoms with Crippen LogP contribution in [0.25, 0.3) is 0 Å². The lowest BCUT2D eigenvalue weighted by Gasteiger charge is -2.08. The molecule has 0 bridgehead atoms. The van der Waals surface area contributed by atoms with Crippen molar-refractivity contribution in [1.29, 1.82) is 0 Å². The summed E-state index contributed by atoms with van der Waals surface area (Å²) in [4.78, 5) is 2.26. The van der Waals surface area contributed by atoms with Crippen LogP contribution in [0.1, 0.15) is 110 Å². The van der Waals surface area contributed by atoms with Crippen LogP contribution in [0.15, 0.2) is 0 Å². The van der Waals surface area contributed by atoms with Crippen LogP contribution < -0.4 is 0 Å². The molecule has 1 nitrogen and oxygen atoms in total. The molecule has 0 aliphatic rings. The molecule has 0 aromatic heterocycles. The van der Waals surface area contributed by atoms with Gasteiger partial charge in [0.2, 0.25) is 0 Å². The number of alkyl halides is 2. The predicted molar refractivity (Wildman–Crippen MR) is 126 cm³/mol. The molecule has 0 rings (SSSR count). The summed E-state index contributed by atoms with van der Waals surface area (Å²) in [6.45, 7) is 3.52. The highest BCUT2D eigenvalue weighted by molar-refractivity contribution is 9.09. The third-order valence-electron chi connectivity index (χ3n) is 4.48. The Labute approximate surface area is 177 Å². The van der Waals surface area contributed by atoms with E-state index in [1.54, 1.807) is 0 Å². The van der Waals surface area contributed by atoms with Crippen LogP contribution in [0.4, 0.5) is 0 Å². The quantitative estimate of drug-likeness (QED) is 0.139. The Hall–Kier alpha value is 0.920. The third kappa shape index (κ3) is 33.0. The molecule has 0 aliphatic carbocycles. The topological polar surface area (TPSA) is 3.24 Å². The summed E-state index contributed by atoms with van der Waals surface area (Å²) in [6.07, 6.45) is 22.6. The van der Waals surface area contributed by atoms with Gasteiger partial charge in [0.25, 0.3) is 0 Å².